The predicted octanol–water partition coefficient (Wildman–Crippen LogP) is 2.93. The molecule has 1 aliphatic heterocycles. The van der Waals surface area contributed by atoms with Gasteiger partial charge in [-0.25, -0.2) is 4.98 Å². The van der Waals surface area contributed by atoms with E-state index >= 15 is 0 Å². The lowest BCUT2D eigenvalue weighted by molar-refractivity contribution is 0.0847. The molecule has 0 atom stereocenters. The molecule has 0 bridgehead atoms. The molecule has 0 saturated carbocycles. The van der Waals surface area contributed by atoms with Crippen molar-refractivity contribution >= 4 is 23.2 Å². The summed E-state index contributed by atoms with van der Waals surface area (Å²) in [6, 6.07) is 6.15. The molecule has 4 rings (SSSR count). The van der Waals surface area contributed by atoms with E-state index in [1.807, 2.05) is 24.3 Å². The molecule has 1 N–H and O–H groups in total. The molecule has 3 aromatic rings. The second-order valence-corrected chi connectivity index (χ2v) is 7.02. The Labute approximate surface area is 145 Å². The fourth-order valence-electron chi connectivity index (χ4n) is 3.09. The summed E-state index contributed by atoms with van der Waals surface area (Å²) in [6.45, 7) is 4.22. The van der Waals surface area contributed by atoms with Crippen LogP contribution in [0.3, 0.4) is 0 Å². The molecular formula is C19H20N4O2. The lowest BCUT2D eigenvalue weighted by atomic mass is 9.93. The van der Waals surface area contributed by atoms with Gasteiger partial charge in [-0.05, 0) is 56.0 Å². The van der Waals surface area contributed by atoms with Crippen molar-refractivity contribution < 1.29 is 4.74 Å². The van der Waals surface area contributed by atoms with Gasteiger partial charge in [-0.2, -0.15) is 5.10 Å². The topological polar surface area (TPSA) is 72.8 Å². The molecule has 3 heterocycles. The van der Waals surface area contributed by atoms with Crippen LogP contribution >= 0.6 is 0 Å². The van der Waals surface area contributed by atoms with Crippen LogP contribution in [0, 0.1) is 0 Å². The van der Waals surface area contributed by atoms with Gasteiger partial charge in [0.05, 0.1) is 6.20 Å². The van der Waals surface area contributed by atoms with Crippen molar-refractivity contribution in [2.75, 3.05) is 0 Å². The largest absolute Gasteiger partial charge is 0.488 e. The van der Waals surface area contributed by atoms with Crippen molar-refractivity contribution in [2.45, 2.75) is 32.3 Å². The molecule has 2 aromatic heterocycles. The van der Waals surface area contributed by atoms with Gasteiger partial charge in [0.1, 0.15) is 22.6 Å². The van der Waals surface area contributed by atoms with Gasteiger partial charge in [0.15, 0.2) is 5.65 Å². The first-order valence-electron chi connectivity index (χ1n) is 8.33. The van der Waals surface area contributed by atoms with Gasteiger partial charge < -0.3 is 9.72 Å². The zero-order valence-electron chi connectivity index (χ0n) is 14.5. The molecule has 0 fully saturated rings. The zero-order chi connectivity index (χ0) is 17.6. The van der Waals surface area contributed by atoms with Crippen LogP contribution in [0.4, 0.5) is 0 Å². The first-order chi connectivity index (χ1) is 11.9. The van der Waals surface area contributed by atoms with Crippen LogP contribution < -0.4 is 10.3 Å². The molecule has 25 heavy (non-hydrogen) atoms. The van der Waals surface area contributed by atoms with Crippen LogP contribution in [0.15, 0.2) is 29.2 Å². The summed E-state index contributed by atoms with van der Waals surface area (Å²) in [7, 11) is 1.77. The fraction of sp³-hybridized carbons (Fsp3) is 0.316. The molecule has 1 aliphatic rings. The van der Waals surface area contributed by atoms with E-state index in [2.05, 4.69) is 35.0 Å². The minimum atomic E-state index is -0.182. The predicted molar refractivity (Wildman–Crippen MR) is 97.5 cm³/mol. The number of benzene rings is 1. The number of aromatic nitrogens is 4. The molecule has 1 aromatic carbocycles. The summed E-state index contributed by atoms with van der Waals surface area (Å²) < 4.78 is 7.61. The van der Waals surface area contributed by atoms with Gasteiger partial charge >= 0.3 is 0 Å². The molecule has 0 aliphatic carbocycles. The van der Waals surface area contributed by atoms with Crippen molar-refractivity contribution in [3.8, 4) is 5.75 Å². The summed E-state index contributed by atoms with van der Waals surface area (Å²) in [5.41, 5.74) is 2.55. The molecule has 0 saturated heterocycles. The number of nitrogens with one attached hydrogen (secondary N) is 1. The molecule has 128 valence electrons. The second kappa shape index (κ2) is 5.58. The highest BCUT2D eigenvalue weighted by Gasteiger charge is 2.26. The van der Waals surface area contributed by atoms with E-state index in [1.165, 1.54) is 11.8 Å². The van der Waals surface area contributed by atoms with Crippen molar-refractivity contribution in [3.63, 3.8) is 0 Å². The third kappa shape index (κ3) is 2.95. The number of nitrogens with zero attached hydrogens (tertiary/aromatic N) is 3. The number of aromatic amines is 1. The number of hydrogen-bond acceptors (Lipinski definition) is 4. The summed E-state index contributed by atoms with van der Waals surface area (Å²) in [5.74, 6) is 1.47. The monoisotopic (exact) mass is 336 g/mol. The summed E-state index contributed by atoms with van der Waals surface area (Å²) in [6.07, 6.45) is 7.28. The number of fused-ring (bicyclic) bond motifs is 2. The highest BCUT2D eigenvalue weighted by Crippen LogP contribution is 2.33. The third-order valence-electron chi connectivity index (χ3n) is 4.52. The van der Waals surface area contributed by atoms with Crippen molar-refractivity contribution in [2.24, 2.45) is 7.05 Å². The van der Waals surface area contributed by atoms with E-state index in [9.17, 15) is 4.79 Å². The Morgan fingerprint density at radius 2 is 2.16 bits per heavy atom. The zero-order valence-corrected chi connectivity index (χ0v) is 14.5. The van der Waals surface area contributed by atoms with E-state index in [1.54, 1.807) is 11.7 Å². The molecule has 0 amide bonds. The normalized spacial score (nSPS) is 16.1. The Kier molecular flexibility index (Phi) is 3.49. The molecular weight excluding hydrogens is 316 g/mol. The Morgan fingerprint density at radius 3 is 3.00 bits per heavy atom. The lowest BCUT2D eigenvalue weighted by Crippen LogP contribution is -2.32. The van der Waals surface area contributed by atoms with E-state index < -0.39 is 0 Å². The molecule has 0 radical (unpaired) electrons. The summed E-state index contributed by atoms with van der Waals surface area (Å²) in [5, 5.41) is 4.57. The summed E-state index contributed by atoms with van der Waals surface area (Å²) >= 11 is 0. The van der Waals surface area contributed by atoms with Crippen LogP contribution in [0.25, 0.3) is 23.2 Å². The summed E-state index contributed by atoms with van der Waals surface area (Å²) in [4.78, 5) is 19.3. The van der Waals surface area contributed by atoms with Crippen molar-refractivity contribution in [1.29, 1.82) is 0 Å². The fourth-order valence-corrected chi connectivity index (χ4v) is 3.09. The lowest BCUT2D eigenvalue weighted by Gasteiger charge is -2.32. The average molecular weight is 336 g/mol. The van der Waals surface area contributed by atoms with Gasteiger partial charge in [-0.1, -0.05) is 12.1 Å². The molecule has 0 unspecified atom stereocenters. The van der Waals surface area contributed by atoms with Gasteiger partial charge in [-0.15, -0.1) is 0 Å². The molecule has 6 heteroatoms. The van der Waals surface area contributed by atoms with Crippen LogP contribution in [-0.4, -0.2) is 25.3 Å². The number of rotatable bonds is 2. The average Bonchev–Trinajstić information content (AvgIpc) is 2.94. The maximum absolute atomic E-state index is 12.1. The number of ether oxygens (including phenoxy) is 1. The maximum Gasteiger partial charge on any atom is 0.262 e. The standard InChI is InChI=1S/C19H20N4O2/c1-19(2)9-8-13-10-12(4-6-15(13)25-19)5-7-16-21-17-14(18(24)22-16)11-20-23(17)3/h4-7,10-11H,8-9H2,1-3H3,(H,21,22,24)/b7-5+. The SMILES string of the molecule is Cn1ncc2c(=O)[nH]c(/C=C/c3ccc4c(c3)CCC(C)(C)O4)nc21. The van der Waals surface area contributed by atoms with Gasteiger partial charge in [0.2, 0.25) is 0 Å². The molecule has 0 spiro atoms. The Hall–Kier alpha value is -2.89. The van der Waals surface area contributed by atoms with Crippen LogP contribution in [0.5, 0.6) is 5.75 Å². The van der Waals surface area contributed by atoms with E-state index in [0.29, 0.717) is 16.9 Å². The quantitative estimate of drug-likeness (QED) is 0.781. The highest BCUT2D eigenvalue weighted by atomic mass is 16.5. The smallest absolute Gasteiger partial charge is 0.262 e. The first-order valence-corrected chi connectivity index (χ1v) is 8.33. The van der Waals surface area contributed by atoms with Gasteiger partial charge in [-0.3, -0.25) is 9.48 Å². The van der Waals surface area contributed by atoms with Crippen LogP contribution in [0.1, 0.15) is 37.2 Å². The van der Waals surface area contributed by atoms with E-state index in [-0.39, 0.29) is 11.2 Å². The van der Waals surface area contributed by atoms with Crippen molar-refractivity contribution in [1.82, 2.24) is 19.7 Å². The Morgan fingerprint density at radius 1 is 1.32 bits per heavy atom. The second-order valence-electron chi connectivity index (χ2n) is 7.02. The number of H-pyrrole nitrogens is 1. The van der Waals surface area contributed by atoms with E-state index in [0.717, 1.165) is 24.2 Å². The van der Waals surface area contributed by atoms with E-state index in [4.69, 9.17) is 4.74 Å². The highest BCUT2D eigenvalue weighted by molar-refractivity contribution is 5.75. The number of aryl methyl sites for hydroxylation is 2. The van der Waals surface area contributed by atoms with Crippen LogP contribution in [0.2, 0.25) is 0 Å². The van der Waals surface area contributed by atoms with Crippen LogP contribution in [-0.2, 0) is 13.5 Å². The number of hydrogen-bond donors (Lipinski definition) is 1. The Balaban J connectivity index is 1.64. The Bertz CT molecular complexity index is 1040. The van der Waals surface area contributed by atoms with Gasteiger partial charge in [0, 0.05) is 7.05 Å². The minimum Gasteiger partial charge on any atom is -0.488 e. The van der Waals surface area contributed by atoms with Gasteiger partial charge in [0.25, 0.3) is 5.56 Å². The van der Waals surface area contributed by atoms with Crippen molar-refractivity contribution in [3.05, 3.63) is 51.7 Å². The maximum atomic E-state index is 12.1. The third-order valence-corrected chi connectivity index (χ3v) is 4.52. The minimum absolute atomic E-state index is 0.105. The molecule has 6 nitrogen and oxygen atoms in total. The first kappa shape index (κ1) is 15.6.